The van der Waals surface area contributed by atoms with E-state index in [1.807, 2.05) is 13.0 Å². The fraction of sp³-hybridized carbons (Fsp3) is 0.684. The Morgan fingerprint density at radius 1 is 1.32 bits per heavy atom. The monoisotopic (exact) mass is 349 g/mol. The number of hydrogen-bond acceptors (Lipinski definition) is 4. The average molecular weight is 349 g/mol. The number of carbonyl (C=O) groups is 1. The molecular formula is C19H31N3O3. The highest BCUT2D eigenvalue weighted by molar-refractivity contribution is 5.76. The highest BCUT2D eigenvalue weighted by Gasteiger charge is 2.35. The SMILES string of the molecule is Cc1cccc(=O)n1CCC(=O)N[C@H]1CN(CCCO)C[C@@H]1C(C)C. The summed E-state index contributed by atoms with van der Waals surface area (Å²) in [5.74, 6) is 0.905. The summed E-state index contributed by atoms with van der Waals surface area (Å²) in [6.45, 7) is 9.52. The lowest BCUT2D eigenvalue weighted by molar-refractivity contribution is -0.122. The molecule has 6 heteroatoms. The molecule has 1 aliphatic rings. The molecule has 1 aromatic rings. The maximum atomic E-state index is 12.4. The molecule has 2 N–H and O–H groups in total. The Labute approximate surface area is 149 Å². The summed E-state index contributed by atoms with van der Waals surface area (Å²) in [7, 11) is 0. The molecule has 0 unspecified atom stereocenters. The number of aromatic nitrogens is 1. The van der Waals surface area contributed by atoms with Gasteiger partial charge < -0.3 is 19.9 Å². The number of aliphatic hydroxyl groups excluding tert-OH is 1. The van der Waals surface area contributed by atoms with E-state index >= 15 is 0 Å². The first-order chi connectivity index (χ1) is 11.9. The number of aliphatic hydroxyl groups is 1. The van der Waals surface area contributed by atoms with Gasteiger partial charge >= 0.3 is 0 Å². The van der Waals surface area contributed by atoms with Gasteiger partial charge in [-0.1, -0.05) is 19.9 Å². The lowest BCUT2D eigenvalue weighted by Gasteiger charge is -2.23. The number of nitrogens with zero attached hydrogens (tertiary/aromatic N) is 2. The van der Waals surface area contributed by atoms with Gasteiger partial charge in [0.2, 0.25) is 5.91 Å². The zero-order valence-corrected chi connectivity index (χ0v) is 15.6. The van der Waals surface area contributed by atoms with Crippen LogP contribution in [0.15, 0.2) is 23.0 Å². The fourth-order valence-corrected chi connectivity index (χ4v) is 3.62. The van der Waals surface area contributed by atoms with Crippen LogP contribution in [0.4, 0.5) is 0 Å². The summed E-state index contributed by atoms with van der Waals surface area (Å²) in [6, 6.07) is 5.28. The molecule has 1 aliphatic heterocycles. The second kappa shape index (κ2) is 9.15. The summed E-state index contributed by atoms with van der Waals surface area (Å²) in [6.07, 6.45) is 1.07. The Kier molecular flexibility index (Phi) is 7.20. The third-order valence-corrected chi connectivity index (χ3v) is 5.11. The highest BCUT2D eigenvalue weighted by Crippen LogP contribution is 2.24. The summed E-state index contributed by atoms with van der Waals surface area (Å²) >= 11 is 0. The Balaban J connectivity index is 1.91. The molecule has 1 fully saturated rings. The molecule has 1 amide bonds. The predicted octanol–water partition coefficient (Wildman–Crippen LogP) is 1.00. The molecule has 25 heavy (non-hydrogen) atoms. The largest absolute Gasteiger partial charge is 0.396 e. The van der Waals surface area contributed by atoms with Crippen molar-refractivity contribution >= 4 is 5.91 Å². The van der Waals surface area contributed by atoms with Crippen LogP contribution in [0, 0.1) is 18.8 Å². The number of nitrogens with one attached hydrogen (secondary N) is 1. The lowest BCUT2D eigenvalue weighted by Crippen LogP contribution is -2.42. The standard InChI is InChI=1S/C19H31N3O3/c1-14(2)16-12-21(9-5-11-23)13-17(16)20-18(24)8-10-22-15(3)6-4-7-19(22)25/h4,6-7,14,16-17,23H,5,8-13H2,1-3H3,(H,20,24)/t16-,17+/m1/s1. The van der Waals surface area contributed by atoms with Gasteiger partial charge in [-0.3, -0.25) is 9.59 Å². The molecule has 2 rings (SSSR count). The van der Waals surface area contributed by atoms with E-state index in [4.69, 9.17) is 5.11 Å². The van der Waals surface area contributed by atoms with Crippen LogP contribution in [0.5, 0.6) is 0 Å². The molecule has 0 bridgehead atoms. The summed E-state index contributed by atoms with van der Waals surface area (Å²) in [4.78, 5) is 26.6. The van der Waals surface area contributed by atoms with E-state index in [1.165, 1.54) is 6.07 Å². The van der Waals surface area contributed by atoms with E-state index in [0.717, 1.165) is 31.7 Å². The van der Waals surface area contributed by atoms with Gasteiger partial charge in [0.25, 0.3) is 5.56 Å². The van der Waals surface area contributed by atoms with Crippen molar-refractivity contribution in [3.05, 3.63) is 34.2 Å². The summed E-state index contributed by atoms with van der Waals surface area (Å²) in [5.41, 5.74) is 0.806. The number of amides is 1. The second-order valence-electron chi connectivity index (χ2n) is 7.33. The minimum Gasteiger partial charge on any atom is -0.396 e. The third kappa shape index (κ3) is 5.41. The van der Waals surface area contributed by atoms with Crippen LogP contribution in [-0.4, -0.2) is 52.8 Å². The lowest BCUT2D eigenvalue weighted by atomic mass is 9.91. The highest BCUT2D eigenvalue weighted by atomic mass is 16.3. The van der Waals surface area contributed by atoms with Crippen molar-refractivity contribution in [3.63, 3.8) is 0 Å². The minimum atomic E-state index is -0.0658. The number of rotatable bonds is 8. The predicted molar refractivity (Wildman–Crippen MR) is 98.5 cm³/mol. The maximum absolute atomic E-state index is 12.4. The smallest absolute Gasteiger partial charge is 0.250 e. The van der Waals surface area contributed by atoms with Crippen molar-refractivity contribution < 1.29 is 9.90 Å². The molecule has 1 aromatic heterocycles. The van der Waals surface area contributed by atoms with E-state index in [0.29, 0.717) is 24.8 Å². The fourth-order valence-electron chi connectivity index (χ4n) is 3.62. The van der Waals surface area contributed by atoms with Gasteiger partial charge in [0, 0.05) is 57.0 Å². The average Bonchev–Trinajstić information content (AvgIpc) is 2.95. The van der Waals surface area contributed by atoms with Crippen LogP contribution in [0.2, 0.25) is 0 Å². The molecule has 6 nitrogen and oxygen atoms in total. The first kappa shape index (κ1) is 19.7. The minimum absolute atomic E-state index is 0.00480. The molecule has 0 spiro atoms. The van der Waals surface area contributed by atoms with Gasteiger partial charge in [-0.05, 0) is 31.2 Å². The van der Waals surface area contributed by atoms with E-state index < -0.39 is 0 Å². The number of aryl methyl sites for hydroxylation is 1. The van der Waals surface area contributed by atoms with Crippen molar-refractivity contribution in [2.24, 2.45) is 11.8 Å². The Morgan fingerprint density at radius 3 is 2.72 bits per heavy atom. The number of hydrogen-bond donors (Lipinski definition) is 2. The molecule has 2 atom stereocenters. The normalized spacial score (nSPS) is 21.0. The maximum Gasteiger partial charge on any atom is 0.250 e. The van der Waals surface area contributed by atoms with E-state index in [9.17, 15) is 9.59 Å². The molecule has 1 saturated heterocycles. The zero-order valence-electron chi connectivity index (χ0n) is 15.6. The number of likely N-dealkylation sites (tertiary alicyclic amines) is 1. The van der Waals surface area contributed by atoms with Crippen molar-refractivity contribution in [2.45, 2.75) is 46.2 Å². The second-order valence-corrected chi connectivity index (χ2v) is 7.33. The van der Waals surface area contributed by atoms with Gasteiger partial charge in [-0.2, -0.15) is 0 Å². The van der Waals surface area contributed by atoms with Crippen molar-refractivity contribution in [1.29, 1.82) is 0 Å². The van der Waals surface area contributed by atoms with E-state index in [2.05, 4.69) is 24.1 Å². The zero-order chi connectivity index (χ0) is 18.4. The van der Waals surface area contributed by atoms with Gasteiger partial charge in [-0.25, -0.2) is 0 Å². The first-order valence-corrected chi connectivity index (χ1v) is 9.21. The van der Waals surface area contributed by atoms with Crippen LogP contribution in [0.25, 0.3) is 0 Å². The Morgan fingerprint density at radius 2 is 2.08 bits per heavy atom. The van der Waals surface area contributed by atoms with E-state index in [1.54, 1.807) is 10.6 Å². The molecule has 0 radical (unpaired) electrons. The van der Waals surface area contributed by atoms with Crippen molar-refractivity contribution in [2.75, 3.05) is 26.2 Å². The van der Waals surface area contributed by atoms with Crippen LogP contribution < -0.4 is 10.9 Å². The Hall–Kier alpha value is -1.66. The van der Waals surface area contributed by atoms with Crippen LogP contribution >= 0.6 is 0 Å². The first-order valence-electron chi connectivity index (χ1n) is 9.21. The third-order valence-electron chi connectivity index (χ3n) is 5.11. The topological polar surface area (TPSA) is 74.6 Å². The molecule has 0 aliphatic carbocycles. The van der Waals surface area contributed by atoms with Gasteiger partial charge in [0.15, 0.2) is 0 Å². The molecule has 140 valence electrons. The quantitative estimate of drug-likeness (QED) is 0.734. The molecular weight excluding hydrogens is 318 g/mol. The summed E-state index contributed by atoms with van der Waals surface area (Å²) < 4.78 is 1.64. The van der Waals surface area contributed by atoms with Gasteiger partial charge in [-0.15, -0.1) is 0 Å². The number of carbonyl (C=O) groups excluding carboxylic acids is 1. The van der Waals surface area contributed by atoms with Gasteiger partial charge in [0.1, 0.15) is 0 Å². The molecule has 0 saturated carbocycles. The van der Waals surface area contributed by atoms with Crippen LogP contribution in [0.3, 0.4) is 0 Å². The van der Waals surface area contributed by atoms with Crippen LogP contribution in [-0.2, 0) is 11.3 Å². The Bertz CT molecular complexity index is 627. The van der Waals surface area contributed by atoms with Crippen molar-refractivity contribution in [3.8, 4) is 0 Å². The number of pyridine rings is 1. The summed E-state index contributed by atoms with van der Waals surface area (Å²) in [5, 5.41) is 12.2. The van der Waals surface area contributed by atoms with Crippen molar-refractivity contribution in [1.82, 2.24) is 14.8 Å². The molecule has 0 aromatic carbocycles. The van der Waals surface area contributed by atoms with Gasteiger partial charge in [0.05, 0.1) is 0 Å². The van der Waals surface area contributed by atoms with Crippen LogP contribution in [0.1, 0.15) is 32.4 Å². The molecule has 2 heterocycles. The van der Waals surface area contributed by atoms with E-state index in [-0.39, 0.29) is 24.1 Å².